The molecule has 1 saturated heterocycles. The molecule has 1 amide bonds. The Morgan fingerprint density at radius 3 is 2.96 bits per heavy atom. The van der Waals surface area contributed by atoms with E-state index < -0.39 is 0 Å². The van der Waals surface area contributed by atoms with Crippen LogP contribution in [0.1, 0.15) is 56.5 Å². The monoisotopic (exact) mass is 356 g/mol. The molecule has 26 heavy (non-hydrogen) atoms. The van der Waals surface area contributed by atoms with Gasteiger partial charge in [0.1, 0.15) is 12.1 Å². The SMILES string of the molecule is CCCn1cnnc1[C@H]1CCCCN1C(=O)CCc1ccccc1OC. The van der Waals surface area contributed by atoms with Gasteiger partial charge in [0.15, 0.2) is 5.82 Å². The first-order chi connectivity index (χ1) is 12.7. The highest BCUT2D eigenvalue weighted by atomic mass is 16.5. The topological polar surface area (TPSA) is 60.2 Å². The highest BCUT2D eigenvalue weighted by Gasteiger charge is 2.31. The van der Waals surface area contributed by atoms with Crippen LogP contribution in [0, 0.1) is 0 Å². The number of aromatic nitrogens is 3. The maximum atomic E-state index is 13.0. The molecule has 0 radical (unpaired) electrons. The zero-order chi connectivity index (χ0) is 18.4. The summed E-state index contributed by atoms with van der Waals surface area (Å²) < 4.78 is 7.49. The number of aryl methyl sites for hydroxylation is 2. The van der Waals surface area contributed by atoms with Crippen molar-refractivity contribution in [3.8, 4) is 5.75 Å². The average molecular weight is 356 g/mol. The number of nitrogens with zero attached hydrogens (tertiary/aromatic N) is 4. The van der Waals surface area contributed by atoms with Gasteiger partial charge in [-0.05, 0) is 43.7 Å². The lowest BCUT2D eigenvalue weighted by Gasteiger charge is -2.35. The Labute approximate surface area is 155 Å². The first-order valence-electron chi connectivity index (χ1n) is 9.53. The minimum Gasteiger partial charge on any atom is -0.496 e. The molecule has 6 heteroatoms. The van der Waals surface area contributed by atoms with Crippen LogP contribution in [0.25, 0.3) is 0 Å². The van der Waals surface area contributed by atoms with Gasteiger partial charge in [-0.3, -0.25) is 4.79 Å². The summed E-state index contributed by atoms with van der Waals surface area (Å²) in [7, 11) is 1.67. The van der Waals surface area contributed by atoms with Crippen molar-refractivity contribution in [2.24, 2.45) is 0 Å². The van der Waals surface area contributed by atoms with E-state index in [0.717, 1.165) is 55.9 Å². The smallest absolute Gasteiger partial charge is 0.223 e. The van der Waals surface area contributed by atoms with E-state index in [2.05, 4.69) is 21.7 Å². The lowest BCUT2D eigenvalue weighted by atomic mass is 9.99. The number of ether oxygens (including phenoxy) is 1. The highest BCUT2D eigenvalue weighted by molar-refractivity contribution is 5.77. The van der Waals surface area contributed by atoms with E-state index in [0.29, 0.717) is 12.8 Å². The van der Waals surface area contributed by atoms with Crippen molar-refractivity contribution in [1.29, 1.82) is 0 Å². The normalized spacial score (nSPS) is 17.3. The molecule has 0 N–H and O–H groups in total. The van der Waals surface area contributed by atoms with Gasteiger partial charge in [-0.15, -0.1) is 10.2 Å². The third kappa shape index (κ3) is 4.06. The van der Waals surface area contributed by atoms with E-state index >= 15 is 0 Å². The van der Waals surface area contributed by atoms with Crippen molar-refractivity contribution >= 4 is 5.91 Å². The molecule has 1 atom stereocenters. The minimum atomic E-state index is 0.0444. The van der Waals surface area contributed by atoms with Crippen molar-refractivity contribution in [1.82, 2.24) is 19.7 Å². The molecule has 1 aliphatic rings. The van der Waals surface area contributed by atoms with Crippen molar-refractivity contribution < 1.29 is 9.53 Å². The Hall–Kier alpha value is -2.37. The van der Waals surface area contributed by atoms with E-state index in [1.165, 1.54) is 0 Å². The molecule has 2 heterocycles. The van der Waals surface area contributed by atoms with E-state index in [4.69, 9.17) is 4.74 Å². The van der Waals surface area contributed by atoms with Crippen molar-refractivity contribution in [2.45, 2.75) is 58.0 Å². The second-order valence-corrected chi connectivity index (χ2v) is 6.79. The van der Waals surface area contributed by atoms with Gasteiger partial charge in [-0.1, -0.05) is 25.1 Å². The fourth-order valence-corrected chi connectivity index (χ4v) is 3.73. The van der Waals surface area contributed by atoms with E-state index in [1.807, 2.05) is 29.2 Å². The summed E-state index contributed by atoms with van der Waals surface area (Å²) in [4.78, 5) is 15.0. The van der Waals surface area contributed by atoms with E-state index in [9.17, 15) is 4.79 Å². The minimum absolute atomic E-state index is 0.0444. The van der Waals surface area contributed by atoms with Crippen LogP contribution in [-0.2, 0) is 17.8 Å². The number of carbonyl (C=O) groups is 1. The lowest BCUT2D eigenvalue weighted by molar-refractivity contribution is -0.135. The standard InChI is InChI=1S/C20H28N4O2/c1-3-13-23-15-21-22-20(23)17-9-6-7-14-24(17)19(25)12-11-16-8-4-5-10-18(16)26-2/h4-5,8,10,15,17H,3,6-7,9,11-14H2,1-2H3/t17-/m1/s1. The number of methoxy groups -OCH3 is 1. The lowest BCUT2D eigenvalue weighted by Crippen LogP contribution is -2.39. The van der Waals surface area contributed by atoms with Crippen LogP contribution in [-0.4, -0.2) is 39.2 Å². The zero-order valence-electron chi connectivity index (χ0n) is 15.7. The molecular weight excluding hydrogens is 328 g/mol. The number of rotatable bonds is 7. The maximum Gasteiger partial charge on any atom is 0.223 e. The molecule has 0 spiro atoms. The molecule has 2 aromatic rings. The second-order valence-electron chi connectivity index (χ2n) is 6.79. The molecule has 6 nitrogen and oxygen atoms in total. The number of piperidine rings is 1. The number of hydrogen-bond acceptors (Lipinski definition) is 4. The molecule has 0 aliphatic carbocycles. The number of likely N-dealkylation sites (tertiary alicyclic amines) is 1. The molecule has 0 saturated carbocycles. The van der Waals surface area contributed by atoms with Crippen LogP contribution in [0.5, 0.6) is 5.75 Å². The molecule has 1 aromatic heterocycles. The summed E-state index contributed by atoms with van der Waals surface area (Å²) in [6.07, 6.45) is 7.12. The molecule has 0 bridgehead atoms. The first-order valence-corrected chi connectivity index (χ1v) is 9.53. The number of carbonyl (C=O) groups excluding carboxylic acids is 1. The van der Waals surface area contributed by atoms with E-state index in [-0.39, 0.29) is 11.9 Å². The van der Waals surface area contributed by atoms with Crippen LogP contribution >= 0.6 is 0 Å². The largest absolute Gasteiger partial charge is 0.496 e. The number of hydrogen-bond donors (Lipinski definition) is 0. The fourth-order valence-electron chi connectivity index (χ4n) is 3.73. The van der Waals surface area contributed by atoms with Crippen LogP contribution in [0.2, 0.25) is 0 Å². The number of benzene rings is 1. The summed E-state index contributed by atoms with van der Waals surface area (Å²) >= 11 is 0. The van der Waals surface area contributed by atoms with Crippen molar-refractivity contribution in [2.75, 3.05) is 13.7 Å². The molecule has 3 rings (SSSR count). The predicted molar refractivity (Wildman–Crippen MR) is 99.9 cm³/mol. The van der Waals surface area contributed by atoms with Gasteiger partial charge in [0.2, 0.25) is 5.91 Å². The summed E-state index contributed by atoms with van der Waals surface area (Å²) in [6, 6.07) is 7.95. The van der Waals surface area contributed by atoms with Crippen LogP contribution in [0.3, 0.4) is 0 Å². The Kier molecular flexibility index (Phi) is 6.26. The van der Waals surface area contributed by atoms with Gasteiger partial charge in [-0.25, -0.2) is 0 Å². The van der Waals surface area contributed by atoms with Crippen LogP contribution in [0.4, 0.5) is 0 Å². The zero-order valence-corrected chi connectivity index (χ0v) is 15.7. The predicted octanol–water partition coefficient (Wildman–Crippen LogP) is 3.38. The summed E-state index contributed by atoms with van der Waals surface area (Å²) in [5.74, 6) is 1.96. The van der Waals surface area contributed by atoms with Gasteiger partial charge in [0.25, 0.3) is 0 Å². The molecular formula is C20H28N4O2. The van der Waals surface area contributed by atoms with Crippen LogP contribution < -0.4 is 4.74 Å². The summed E-state index contributed by atoms with van der Waals surface area (Å²) in [5, 5.41) is 8.42. The Bertz CT molecular complexity index is 728. The van der Waals surface area contributed by atoms with E-state index in [1.54, 1.807) is 13.4 Å². The summed E-state index contributed by atoms with van der Waals surface area (Å²) in [5.41, 5.74) is 1.08. The highest BCUT2D eigenvalue weighted by Crippen LogP contribution is 2.31. The number of para-hydroxylation sites is 1. The molecule has 140 valence electrons. The quantitative estimate of drug-likeness (QED) is 0.763. The van der Waals surface area contributed by atoms with Gasteiger partial charge in [-0.2, -0.15) is 0 Å². The maximum absolute atomic E-state index is 13.0. The average Bonchev–Trinajstić information content (AvgIpc) is 3.14. The fraction of sp³-hybridized carbons (Fsp3) is 0.550. The number of amides is 1. The van der Waals surface area contributed by atoms with Crippen molar-refractivity contribution in [3.05, 3.63) is 42.0 Å². The molecule has 1 fully saturated rings. The third-order valence-corrected chi connectivity index (χ3v) is 5.03. The Morgan fingerprint density at radius 2 is 2.15 bits per heavy atom. The molecule has 0 unspecified atom stereocenters. The first kappa shape index (κ1) is 18.4. The van der Waals surface area contributed by atoms with Crippen molar-refractivity contribution in [3.63, 3.8) is 0 Å². The molecule has 1 aliphatic heterocycles. The van der Waals surface area contributed by atoms with Gasteiger partial charge < -0.3 is 14.2 Å². The van der Waals surface area contributed by atoms with Gasteiger partial charge in [0, 0.05) is 19.5 Å². The van der Waals surface area contributed by atoms with Gasteiger partial charge in [0.05, 0.1) is 13.2 Å². The third-order valence-electron chi connectivity index (χ3n) is 5.03. The Balaban J connectivity index is 1.71. The van der Waals surface area contributed by atoms with Gasteiger partial charge >= 0.3 is 0 Å². The summed E-state index contributed by atoms with van der Waals surface area (Å²) in [6.45, 7) is 3.83. The van der Waals surface area contributed by atoms with Crippen LogP contribution in [0.15, 0.2) is 30.6 Å². The Morgan fingerprint density at radius 1 is 1.31 bits per heavy atom. The molecule has 1 aromatic carbocycles. The second kappa shape index (κ2) is 8.83.